The van der Waals surface area contributed by atoms with Crippen LogP contribution in [0.15, 0.2) is 155 Å². The molecule has 8 heteroatoms. The number of anilines is 1. The van der Waals surface area contributed by atoms with Gasteiger partial charge < -0.3 is 9.64 Å². The quantitative estimate of drug-likeness (QED) is 0.172. The second-order valence-electron chi connectivity index (χ2n) is 10.7. The van der Waals surface area contributed by atoms with Gasteiger partial charge in [0.1, 0.15) is 5.84 Å². The highest BCUT2D eigenvalue weighted by atomic mass is 32.2. The van der Waals surface area contributed by atoms with E-state index in [0.717, 1.165) is 16.7 Å². The van der Waals surface area contributed by atoms with Crippen molar-refractivity contribution < 1.29 is 17.9 Å². The monoisotopic (exact) mass is 615 g/mol. The predicted octanol–water partition coefficient (Wildman–Crippen LogP) is 6.95. The third-order valence-electron chi connectivity index (χ3n) is 7.82. The van der Waals surface area contributed by atoms with Crippen LogP contribution in [0, 0.1) is 0 Å². The zero-order chi connectivity index (χ0) is 31.3. The van der Waals surface area contributed by atoms with Crippen molar-refractivity contribution in [1.82, 2.24) is 4.90 Å². The lowest BCUT2D eigenvalue weighted by Crippen LogP contribution is -2.44. The van der Waals surface area contributed by atoms with Crippen molar-refractivity contribution in [2.45, 2.75) is 29.9 Å². The van der Waals surface area contributed by atoms with Gasteiger partial charge in [-0.15, -0.1) is 0 Å². The standard InChI is InChI=1S/C37H33N3O4S/c1-2-44-36(41)37(31-19-11-5-12-20-31)34(29-23-25-32(26-24-29)39-45(42,43)33-21-13-6-14-22-33)40(27-28-15-7-3-8-16-28)35(38-37)30-17-9-4-10-18-30/h3-26,34,39H,2,27H2,1H3/t34-,37-/m1/s1. The van der Waals surface area contributed by atoms with Gasteiger partial charge in [-0.25, -0.2) is 18.2 Å². The van der Waals surface area contributed by atoms with Crippen molar-refractivity contribution in [1.29, 1.82) is 0 Å². The second kappa shape index (κ2) is 12.8. The van der Waals surface area contributed by atoms with Gasteiger partial charge in [-0.05, 0) is 47.9 Å². The first-order valence-corrected chi connectivity index (χ1v) is 16.3. The maximum atomic E-state index is 14.3. The number of sulfonamides is 1. The number of benzene rings is 5. The number of hydrogen-bond donors (Lipinski definition) is 1. The molecule has 1 aliphatic rings. The summed E-state index contributed by atoms with van der Waals surface area (Å²) in [4.78, 5) is 21.9. The van der Waals surface area contributed by atoms with Gasteiger partial charge in [0.15, 0.2) is 0 Å². The predicted molar refractivity (Wildman–Crippen MR) is 176 cm³/mol. The Kier molecular flexibility index (Phi) is 8.49. The number of amidine groups is 1. The van der Waals surface area contributed by atoms with Crippen molar-refractivity contribution in [2.24, 2.45) is 4.99 Å². The fourth-order valence-corrected chi connectivity index (χ4v) is 6.88. The molecule has 1 N–H and O–H groups in total. The smallest absolute Gasteiger partial charge is 0.341 e. The molecular weight excluding hydrogens is 582 g/mol. The number of carbonyl (C=O) groups is 1. The Bertz CT molecular complexity index is 1880. The van der Waals surface area contributed by atoms with Crippen LogP contribution < -0.4 is 4.72 Å². The maximum Gasteiger partial charge on any atom is 0.341 e. The summed E-state index contributed by atoms with van der Waals surface area (Å²) < 4.78 is 34.6. The molecule has 0 fully saturated rings. The molecule has 0 spiro atoms. The third-order valence-corrected chi connectivity index (χ3v) is 9.22. The Morgan fingerprint density at radius 3 is 1.93 bits per heavy atom. The van der Waals surface area contributed by atoms with Gasteiger partial charge in [-0.2, -0.15) is 0 Å². The molecule has 45 heavy (non-hydrogen) atoms. The highest BCUT2D eigenvalue weighted by Crippen LogP contribution is 2.50. The molecule has 1 heterocycles. The number of esters is 1. The van der Waals surface area contributed by atoms with Crippen LogP contribution >= 0.6 is 0 Å². The summed E-state index contributed by atoms with van der Waals surface area (Å²) in [5, 5.41) is 0. The van der Waals surface area contributed by atoms with Gasteiger partial charge in [-0.1, -0.05) is 121 Å². The van der Waals surface area contributed by atoms with E-state index in [4.69, 9.17) is 9.73 Å². The summed E-state index contributed by atoms with van der Waals surface area (Å²) in [6.45, 7) is 2.45. The van der Waals surface area contributed by atoms with Crippen LogP contribution in [0.5, 0.6) is 0 Å². The Labute approximate surface area is 263 Å². The molecular formula is C37H33N3O4S. The zero-order valence-electron chi connectivity index (χ0n) is 24.8. The minimum Gasteiger partial charge on any atom is -0.464 e. The van der Waals surface area contributed by atoms with Crippen LogP contribution in [0.3, 0.4) is 0 Å². The number of nitrogens with zero attached hydrogens (tertiary/aromatic N) is 2. The lowest BCUT2D eigenvalue weighted by molar-refractivity contribution is -0.151. The Morgan fingerprint density at radius 2 is 1.33 bits per heavy atom. The van der Waals surface area contributed by atoms with Crippen LogP contribution in [0.25, 0.3) is 0 Å². The average Bonchev–Trinajstić information content (AvgIpc) is 3.42. The summed E-state index contributed by atoms with van der Waals surface area (Å²) in [5.41, 5.74) is 2.36. The lowest BCUT2D eigenvalue weighted by Gasteiger charge is -2.37. The Balaban J connectivity index is 1.51. The fourth-order valence-electron chi connectivity index (χ4n) is 5.80. The molecule has 2 atom stereocenters. The summed E-state index contributed by atoms with van der Waals surface area (Å²) in [7, 11) is -3.79. The van der Waals surface area contributed by atoms with Crippen LogP contribution in [0.1, 0.15) is 35.2 Å². The van der Waals surface area contributed by atoms with E-state index in [2.05, 4.69) is 9.62 Å². The van der Waals surface area contributed by atoms with Gasteiger partial charge in [0.25, 0.3) is 10.0 Å². The first kappa shape index (κ1) is 29.8. The highest BCUT2D eigenvalue weighted by Gasteiger charge is 2.57. The minimum absolute atomic E-state index is 0.171. The zero-order valence-corrected chi connectivity index (χ0v) is 25.6. The Hall–Kier alpha value is -5.21. The summed E-state index contributed by atoms with van der Waals surface area (Å²) in [6.07, 6.45) is 0. The molecule has 0 amide bonds. The molecule has 0 bridgehead atoms. The van der Waals surface area contributed by atoms with Crippen molar-refractivity contribution >= 4 is 27.5 Å². The van der Waals surface area contributed by atoms with Gasteiger partial charge in [0.2, 0.25) is 5.54 Å². The van der Waals surface area contributed by atoms with E-state index in [0.29, 0.717) is 23.6 Å². The molecule has 5 aromatic carbocycles. The molecule has 0 unspecified atom stereocenters. The van der Waals surface area contributed by atoms with Gasteiger partial charge in [0, 0.05) is 17.8 Å². The molecule has 0 radical (unpaired) electrons. The molecule has 0 saturated carbocycles. The number of hydrogen-bond acceptors (Lipinski definition) is 6. The minimum atomic E-state index is -3.79. The molecule has 5 aromatic rings. The van der Waals surface area contributed by atoms with Crippen molar-refractivity contribution in [3.05, 3.63) is 168 Å². The van der Waals surface area contributed by atoms with Crippen molar-refractivity contribution in [3.63, 3.8) is 0 Å². The first-order chi connectivity index (χ1) is 21.9. The second-order valence-corrected chi connectivity index (χ2v) is 12.4. The Morgan fingerprint density at radius 1 is 0.778 bits per heavy atom. The molecule has 0 aliphatic carbocycles. The summed E-state index contributed by atoms with van der Waals surface area (Å²) in [6, 6.07) is 44.1. The molecule has 0 aromatic heterocycles. The molecule has 7 nitrogen and oxygen atoms in total. The number of ether oxygens (including phenoxy) is 1. The summed E-state index contributed by atoms with van der Waals surface area (Å²) in [5.74, 6) is 0.203. The largest absolute Gasteiger partial charge is 0.464 e. The topological polar surface area (TPSA) is 88.1 Å². The third kappa shape index (κ3) is 5.97. The van der Waals surface area contributed by atoms with Crippen LogP contribution in [0.2, 0.25) is 0 Å². The van der Waals surface area contributed by atoms with E-state index in [9.17, 15) is 13.2 Å². The normalized spacial score (nSPS) is 17.8. The molecule has 1 aliphatic heterocycles. The number of aliphatic imine (C=N–C) groups is 1. The van der Waals surface area contributed by atoms with E-state index in [1.165, 1.54) is 0 Å². The van der Waals surface area contributed by atoms with E-state index in [-0.39, 0.29) is 11.5 Å². The maximum absolute atomic E-state index is 14.3. The molecule has 6 rings (SSSR count). The van der Waals surface area contributed by atoms with Crippen LogP contribution in [-0.2, 0) is 31.6 Å². The lowest BCUT2D eigenvalue weighted by atomic mass is 9.79. The van der Waals surface area contributed by atoms with Gasteiger partial charge in [0.05, 0.1) is 17.5 Å². The number of rotatable bonds is 10. The SMILES string of the molecule is CCOC(=O)[C@]1(c2ccccc2)N=C(c2ccccc2)N(Cc2ccccc2)[C@@H]1c1ccc(NS(=O)(=O)c2ccccc2)cc1. The fraction of sp³-hybridized carbons (Fsp3) is 0.135. The van der Waals surface area contributed by atoms with Crippen molar-refractivity contribution in [3.8, 4) is 0 Å². The summed E-state index contributed by atoms with van der Waals surface area (Å²) >= 11 is 0. The van der Waals surface area contributed by atoms with E-state index in [1.54, 1.807) is 49.4 Å². The highest BCUT2D eigenvalue weighted by molar-refractivity contribution is 7.92. The van der Waals surface area contributed by atoms with Gasteiger partial charge in [-0.3, -0.25) is 4.72 Å². The first-order valence-electron chi connectivity index (χ1n) is 14.8. The van der Waals surface area contributed by atoms with Crippen molar-refractivity contribution in [2.75, 3.05) is 11.3 Å². The van der Waals surface area contributed by atoms with Crippen LogP contribution in [0.4, 0.5) is 5.69 Å². The van der Waals surface area contributed by atoms with E-state index in [1.807, 2.05) is 103 Å². The number of nitrogens with one attached hydrogen (secondary N) is 1. The van der Waals surface area contributed by atoms with Gasteiger partial charge >= 0.3 is 5.97 Å². The van der Waals surface area contributed by atoms with E-state index < -0.39 is 27.6 Å². The molecule has 0 saturated heterocycles. The van der Waals surface area contributed by atoms with E-state index >= 15 is 0 Å². The average molecular weight is 616 g/mol. The number of carbonyl (C=O) groups excluding carboxylic acids is 1. The van der Waals surface area contributed by atoms with Crippen LogP contribution in [-0.4, -0.2) is 31.7 Å². The molecule has 226 valence electrons.